The van der Waals surface area contributed by atoms with Crippen molar-refractivity contribution in [1.29, 1.82) is 0 Å². The minimum absolute atomic E-state index is 0. The number of benzene rings is 1. The molecule has 1 aromatic carbocycles. The zero-order valence-electron chi connectivity index (χ0n) is 14.0. The average Bonchev–Trinajstić information content (AvgIpc) is 2.93. The van der Waals surface area contributed by atoms with Crippen molar-refractivity contribution in [2.45, 2.75) is 20.0 Å². The van der Waals surface area contributed by atoms with Gasteiger partial charge in [0.25, 0.3) is 0 Å². The number of guanidine groups is 1. The van der Waals surface area contributed by atoms with Gasteiger partial charge < -0.3 is 14.8 Å². The van der Waals surface area contributed by atoms with Gasteiger partial charge in [-0.05, 0) is 19.1 Å². The molecule has 0 saturated carbocycles. The zero-order chi connectivity index (χ0) is 16.8. The first-order valence-electron chi connectivity index (χ1n) is 7.35. The number of aromatic nitrogens is 2. The first kappa shape index (κ1) is 20.7. The van der Waals surface area contributed by atoms with Crippen molar-refractivity contribution in [2.24, 2.45) is 4.99 Å². The number of aliphatic imine (C=N–C) groups is 1. The van der Waals surface area contributed by atoms with Crippen LogP contribution in [0, 0.1) is 12.7 Å². The molecule has 2 aromatic rings. The summed E-state index contributed by atoms with van der Waals surface area (Å²) in [5.41, 5.74) is 0.463. The van der Waals surface area contributed by atoms with E-state index in [1.54, 1.807) is 25.4 Å². The summed E-state index contributed by atoms with van der Waals surface area (Å²) in [6.45, 7) is 3.77. The predicted octanol–water partition coefficient (Wildman–Crippen LogP) is 3.31. The summed E-state index contributed by atoms with van der Waals surface area (Å²) in [5.74, 6) is 1.34. The summed E-state index contributed by atoms with van der Waals surface area (Å²) in [5, 5.41) is 3.67. The molecule has 0 radical (unpaired) electrons. The van der Waals surface area contributed by atoms with E-state index < -0.39 is 0 Å². The van der Waals surface area contributed by atoms with Crippen molar-refractivity contribution in [3.8, 4) is 0 Å². The van der Waals surface area contributed by atoms with Crippen LogP contribution in [0.15, 0.2) is 35.6 Å². The van der Waals surface area contributed by atoms with Gasteiger partial charge in [-0.2, -0.15) is 0 Å². The molecule has 1 N–H and O–H groups in total. The van der Waals surface area contributed by atoms with Crippen LogP contribution in [0.25, 0.3) is 0 Å². The van der Waals surface area contributed by atoms with E-state index in [0.717, 1.165) is 12.4 Å². The molecule has 5 nitrogen and oxygen atoms in total. The monoisotopic (exact) mass is 465 g/mol. The predicted molar refractivity (Wildman–Crippen MR) is 107 cm³/mol. The van der Waals surface area contributed by atoms with Crippen LogP contribution in [0.3, 0.4) is 0 Å². The molecule has 0 spiro atoms. The summed E-state index contributed by atoms with van der Waals surface area (Å²) >= 11 is 6.07. The molecule has 0 atom stereocenters. The lowest BCUT2D eigenvalue weighted by Crippen LogP contribution is -2.40. The van der Waals surface area contributed by atoms with Crippen LogP contribution < -0.4 is 5.32 Å². The highest BCUT2D eigenvalue weighted by molar-refractivity contribution is 14.0. The number of halogens is 3. The van der Waals surface area contributed by atoms with Gasteiger partial charge in [-0.3, -0.25) is 4.99 Å². The molecule has 0 aliphatic rings. The topological polar surface area (TPSA) is 45.5 Å². The van der Waals surface area contributed by atoms with Gasteiger partial charge in [0, 0.05) is 56.7 Å². The van der Waals surface area contributed by atoms with Crippen molar-refractivity contribution < 1.29 is 4.39 Å². The third kappa shape index (κ3) is 5.34. The van der Waals surface area contributed by atoms with Crippen molar-refractivity contribution >= 4 is 41.5 Å². The normalized spacial score (nSPS) is 11.1. The molecule has 2 rings (SSSR count). The molecule has 0 amide bonds. The summed E-state index contributed by atoms with van der Waals surface area (Å²) < 4.78 is 15.9. The number of nitrogens with zero attached hydrogens (tertiary/aromatic N) is 4. The van der Waals surface area contributed by atoms with E-state index in [0.29, 0.717) is 29.6 Å². The molecule has 8 heteroatoms. The Hall–Kier alpha value is -1.35. The first-order chi connectivity index (χ1) is 11.0. The molecule has 0 aliphatic carbocycles. The molecule has 0 saturated heterocycles. The average molecular weight is 466 g/mol. The molecule has 1 heterocycles. The second-order valence-corrected chi connectivity index (χ2v) is 5.61. The Kier molecular flexibility index (Phi) is 8.47. The Morgan fingerprint density at radius 2 is 2.21 bits per heavy atom. The van der Waals surface area contributed by atoms with Crippen molar-refractivity contribution in [3.05, 3.63) is 52.8 Å². The van der Waals surface area contributed by atoms with Crippen LogP contribution >= 0.6 is 35.6 Å². The maximum absolute atomic E-state index is 13.9. The second kappa shape index (κ2) is 9.83. The van der Waals surface area contributed by atoms with Gasteiger partial charge in [-0.15, -0.1) is 24.0 Å². The third-order valence-electron chi connectivity index (χ3n) is 3.59. The summed E-state index contributed by atoms with van der Waals surface area (Å²) in [6, 6.07) is 4.70. The van der Waals surface area contributed by atoms with E-state index in [9.17, 15) is 4.39 Å². The fourth-order valence-corrected chi connectivity index (χ4v) is 2.53. The fourth-order valence-electron chi connectivity index (χ4n) is 2.31. The number of imidazole rings is 1. The van der Waals surface area contributed by atoms with Gasteiger partial charge in [-0.25, -0.2) is 9.37 Å². The Labute approximate surface area is 163 Å². The van der Waals surface area contributed by atoms with Crippen LogP contribution in [0.2, 0.25) is 5.02 Å². The van der Waals surface area contributed by atoms with E-state index >= 15 is 0 Å². The smallest absolute Gasteiger partial charge is 0.193 e. The maximum Gasteiger partial charge on any atom is 0.193 e. The third-order valence-corrected chi connectivity index (χ3v) is 3.94. The molecule has 1 aromatic heterocycles. The lowest BCUT2D eigenvalue weighted by atomic mass is 10.2. The molecule has 24 heavy (non-hydrogen) atoms. The summed E-state index contributed by atoms with van der Waals surface area (Å²) in [7, 11) is 3.55. The van der Waals surface area contributed by atoms with E-state index in [4.69, 9.17) is 11.6 Å². The van der Waals surface area contributed by atoms with Gasteiger partial charge in [0.2, 0.25) is 0 Å². The van der Waals surface area contributed by atoms with Crippen LogP contribution in [0.1, 0.15) is 11.4 Å². The Morgan fingerprint density at radius 1 is 1.46 bits per heavy atom. The maximum atomic E-state index is 13.9. The van der Waals surface area contributed by atoms with Crippen molar-refractivity contribution in [2.75, 3.05) is 20.6 Å². The molecule has 0 bridgehead atoms. The van der Waals surface area contributed by atoms with Crippen LogP contribution in [-0.2, 0) is 13.1 Å². The molecule has 0 unspecified atom stereocenters. The van der Waals surface area contributed by atoms with Crippen molar-refractivity contribution in [1.82, 2.24) is 19.8 Å². The fraction of sp³-hybridized carbons (Fsp3) is 0.375. The Bertz CT molecular complexity index is 669. The lowest BCUT2D eigenvalue weighted by Gasteiger charge is -2.23. The number of hydrogen-bond donors (Lipinski definition) is 1. The van der Waals surface area contributed by atoms with Gasteiger partial charge in [0.05, 0.1) is 0 Å². The largest absolute Gasteiger partial charge is 0.354 e. The number of hydrogen-bond acceptors (Lipinski definition) is 2. The Morgan fingerprint density at radius 3 is 2.79 bits per heavy atom. The van der Waals surface area contributed by atoms with E-state index in [-0.39, 0.29) is 29.8 Å². The van der Waals surface area contributed by atoms with Crippen molar-refractivity contribution in [3.63, 3.8) is 0 Å². The standard InChI is InChI=1S/C16H21ClFN5.HI/c1-12-20-7-9-23(12)10-8-21-16(19-2)22(3)11-13-14(17)5-4-6-15(13)18;/h4-7,9H,8,10-11H2,1-3H3,(H,19,21);1H. The molecular formula is C16H22ClFIN5. The first-order valence-corrected chi connectivity index (χ1v) is 7.73. The number of aryl methyl sites for hydroxylation is 1. The van der Waals surface area contributed by atoms with Gasteiger partial charge >= 0.3 is 0 Å². The van der Waals surface area contributed by atoms with E-state index in [1.807, 2.05) is 29.6 Å². The molecule has 0 aliphatic heterocycles. The Balaban J connectivity index is 0.00000288. The number of nitrogens with one attached hydrogen (secondary N) is 1. The van der Waals surface area contributed by atoms with Gasteiger partial charge in [0.15, 0.2) is 5.96 Å². The van der Waals surface area contributed by atoms with Gasteiger partial charge in [0.1, 0.15) is 11.6 Å². The molecule has 132 valence electrons. The minimum atomic E-state index is -0.311. The van der Waals surface area contributed by atoms with Crippen LogP contribution in [-0.4, -0.2) is 41.1 Å². The van der Waals surface area contributed by atoms with Crippen LogP contribution in [0.5, 0.6) is 0 Å². The second-order valence-electron chi connectivity index (χ2n) is 5.20. The zero-order valence-corrected chi connectivity index (χ0v) is 17.0. The SMILES string of the molecule is CN=C(NCCn1ccnc1C)N(C)Cc1c(F)cccc1Cl.I. The summed E-state index contributed by atoms with van der Waals surface area (Å²) in [6.07, 6.45) is 3.71. The quantitative estimate of drug-likeness (QED) is 0.419. The minimum Gasteiger partial charge on any atom is -0.354 e. The van der Waals surface area contributed by atoms with Gasteiger partial charge in [-0.1, -0.05) is 17.7 Å². The number of rotatable bonds is 5. The van der Waals surface area contributed by atoms with Crippen LogP contribution in [0.4, 0.5) is 4.39 Å². The van der Waals surface area contributed by atoms with E-state index in [1.165, 1.54) is 6.07 Å². The highest BCUT2D eigenvalue weighted by Crippen LogP contribution is 2.20. The van der Waals surface area contributed by atoms with E-state index in [2.05, 4.69) is 15.3 Å². The highest BCUT2D eigenvalue weighted by atomic mass is 127. The lowest BCUT2D eigenvalue weighted by molar-refractivity contribution is 0.458. The highest BCUT2D eigenvalue weighted by Gasteiger charge is 2.12. The molecular weight excluding hydrogens is 444 g/mol. The molecule has 0 fully saturated rings. The summed E-state index contributed by atoms with van der Waals surface area (Å²) in [4.78, 5) is 10.2.